The highest BCUT2D eigenvalue weighted by Crippen LogP contribution is 2.32. The maximum Gasteiger partial charge on any atom is 0.0254 e. The lowest BCUT2D eigenvalue weighted by Crippen LogP contribution is -2.52. The Bertz CT molecular complexity index is 279. The summed E-state index contributed by atoms with van der Waals surface area (Å²) < 4.78 is 0. The summed E-state index contributed by atoms with van der Waals surface area (Å²) in [4.78, 5) is 5.19. The SMILES string of the molecule is CCNC1CCC(C)CC1N1CC(C)C(N(C)C)C1. The summed E-state index contributed by atoms with van der Waals surface area (Å²) in [6.07, 6.45) is 4.14. The topological polar surface area (TPSA) is 18.5 Å². The standard InChI is InChI=1S/C16H33N3/c1-6-17-14-8-7-12(2)9-15(14)19-10-13(3)16(11-19)18(4)5/h12-17H,6-11H2,1-5H3. The zero-order chi connectivity index (χ0) is 14.0. The smallest absolute Gasteiger partial charge is 0.0254 e. The van der Waals surface area contributed by atoms with E-state index in [0.717, 1.165) is 30.5 Å². The predicted molar refractivity (Wildman–Crippen MR) is 82.5 cm³/mol. The summed E-state index contributed by atoms with van der Waals surface area (Å²) in [5, 5.41) is 3.74. The lowest BCUT2D eigenvalue weighted by molar-refractivity contribution is 0.116. The molecule has 0 aromatic carbocycles. The van der Waals surface area contributed by atoms with Crippen molar-refractivity contribution in [1.82, 2.24) is 15.1 Å². The first-order valence-electron chi connectivity index (χ1n) is 8.16. The Labute approximate surface area is 119 Å². The van der Waals surface area contributed by atoms with E-state index in [9.17, 15) is 0 Å². The van der Waals surface area contributed by atoms with Crippen LogP contribution in [0.15, 0.2) is 0 Å². The number of nitrogens with one attached hydrogen (secondary N) is 1. The van der Waals surface area contributed by atoms with Crippen molar-refractivity contribution in [3.63, 3.8) is 0 Å². The number of hydrogen-bond donors (Lipinski definition) is 1. The molecular formula is C16H33N3. The first kappa shape index (κ1) is 15.3. The normalized spacial score (nSPS) is 41.1. The van der Waals surface area contributed by atoms with Crippen molar-refractivity contribution < 1.29 is 0 Å². The lowest BCUT2D eigenvalue weighted by Gasteiger charge is -2.41. The second kappa shape index (κ2) is 6.55. The molecule has 1 N–H and O–H groups in total. The van der Waals surface area contributed by atoms with Gasteiger partial charge in [0.15, 0.2) is 0 Å². The van der Waals surface area contributed by atoms with E-state index in [-0.39, 0.29) is 0 Å². The minimum atomic E-state index is 0.717. The largest absolute Gasteiger partial charge is 0.313 e. The molecule has 0 aromatic heterocycles. The van der Waals surface area contributed by atoms with Crippen LogP contribution in [-0.2, 0) is 0 Å². The fraction of sp³-hybridized carbons (Fsp3) is 1.00. The van der Waals surface area contributed by atoms with Gasteiger partial charge in [-0.15, -0.1) is 0 Å². The zero-order valence-electron chi connectivity index (χ0n) is 13.5. The minimum Gasteiger partial charge on any atom is -0.313 e. The number of likely N-dealkylation sites (N-methyl/N-ethyl adjacent to an activating group) is 2. The van der Waals surface area contributed by atoms with Crippen molar-refractivity contribution in [2.45, 2.75) is 58.2 Å². The quantitative estimate of drug-likeness (QED) is 0.841. The number of hydrogen-bond acceptors (Lipinski definition) is 3. The van der Waals surface area contributed by atoms with Crippen molar-refractivity contribution in [3.05, 3.63) is 0 Å². The van der Waals surface area contributed by atoms with Crippen molar-refractivity contribution in [2.75, 3.05) is 33.7 Å². The Morgan fingerprint density at radius 3 is 2.47 bits per heavy atom. The van der Waals surface area contributed by atoms with Crippen LogP contribution < -0.4 is 5.32 Å². The predicted octanol–water partition coefficient (Wildman–Crippen LogP) is 2.04. The molecular weight excluding hydrogens is 234 g/mol. The van der Waals surface area contributed by atoms with E-state index in [1.807, 2.05) is 0 Å². The highest BCUT2D eigenvalue weighted by molar-refractivity contribution is 4.96. The molecule has 3 nitrogen and oxygen atoms in total. The van der Waals surface area contributed by atoms with Crippen LogP contribution in [-0.4, -0.2) is 61.7 Å². The van der Waals surface area contributed by atoms with Gasteiger partial charge in [-0.1, -0.05) is 20.8 Å². The third-order valence-corrected chi connectivity index (χ3v) is 5.28. The van der Waals surface area contributed by atoms with E-state index in [0.29, 0.717) is 6.04 Å². The third-order valence-electron chi connectivity index (χ3n) is 5.28. The Kier molecular flexibility index (Phi) is 5.27. The van der Waals surface area contributed by atoms with Crippen LogP contribution >= 0.6 is 0 Å². The molecule has 0 bridgehead atoms. The minimum absolute atomic E-state index is 0.717. The maximum absolute atomic E-state index is 3.74. The lowest BCUT2D eigenvalue weighted by atomic mass is 9.82. The molecule has 1 heterocycles. The fourth-order valence-electron chi connectivity index (χ4n) is 4.18. The van der Waals surface area contributed by atoms with Gasteiger partial charge in [0.1, 0.15) is 0 Å². The van der Waals surface area contributed by atoms with Crippen LogP contribution in [0.1, 0.15) is 40.0 Å². The number of likely N-dealkylation sites (tertiary alicyclic amines) is 1. The first-order chi connectivity index (χ1) is 9.02. The van der Waals surface area contributed by atoms with E-state index < -0.39 is 0 Å². The van der Waals surface area contributed by atoms with E-state index in [1.165, 1.54) is 32.4 Å². The van der Waals surface area contributed by atoms with Gasteiger partial charge in [0.25, 0.3) is 0 Å². The molecule has 1 saturated carbocycles. The molecule has 19 heavy (non-hydrogen) atoms. The van der Waals surface area contributed by atoms with Crippen LogP contribution in [0, 0.1) is 11.8 Å². The van der Waals surface area contributed by atoms with Gasteiger partial charge in [-0.3, -0.25) is 4.90 Å². The van der Waals surface area contributed by atoms with E-state index in [4.69, 9.17) is 0 Å². The molecule has 112 valence electrons. The van der Waals surface area contributed by atoms with Gasteiger partial charge in [0.2, 0.25) is 0 Å². The molecule has 0 spiro atoms. The third kappa shape index (κ3) is 3.50. The summed E-state index contributed by atoms with van der Waals surface area (Å²) in [7, 11) is 4.46. The van der Waals surface area contributed by atoms with Crippen molar-refractivity contribution in [1.29, 1.82) is 0 Å². The molecule has 2 rings (SSSR count). The molecule has 2 aliphatic rings. The highest BCUT2D eigenvalue weighted by Gasteiger charge is 2.39. The van der Waals surface area contributed by atoms with Crippen molar-refractivity contribution >= 4 is 0 Å². The Morgan fingerprint density at radius 2 is 1.89 bits per heavy atom. The van der Waals surface area contributed by atoms with Crippen molar-refractivity contribution in [2.24, 2.45) is 11.8 Å². The van der Waals surface area contributed by atoms with Gasteiger partial charge in [-0.2, -0.15) is 0 Å². The van der Waals surface area contributed by atoms with E-state index >= 15 is 0 Å². The van der Waals surface area contributed by atoms with Gasteiger partial charge < -0.3 is 10.2 Å². The molecule has 1 aliphatic carbocycles. The van der Waals surface area contributed by atoms with Crippen LogP contribution in [0.5, 0.6) is 0 Å². The monoisotopic (exact) mass is 267 g/mol. The van der Waals surface area contributed by atoms with Crippen LogP contribution in [0.4, 0.5) is 0 Å². The number of nitrogens with zero attached hydrogens (tertiary/aromatic N) is 2. The summed E-state index contributed by atoms with van der Waals surface area (Å²) in [5.41, 5.74) is 0. The Balaban J connectivity index is 2.01. The Morgan fingerprint density at radius 1 is 1.16 bits per heavy atom. The van der Waals surface area contributed by atoms with Gasteiger partial charge in [-0.25, -0.2) is 0 Å². The van der Waals surface area contributed by atoms with Gasteiger partial charge >= 0.3 is 0 Å². The molecule has 0 radical (unpaired) electrons. The summed E-state index contributed by atoms with van der Waals surface area (Å²) in [6.45, 7) is 10.7. The molecule has 2 fully saturated rings. The van der Waals surface area contributed by atoms with Gasteiger partial charge in [0.05, 0.1) is 0 Å². The molecule has 1 saturated heterocycles. The summed E-state index contributed by atoms with van der Waals surface area (Å²) in [6, 6.07) is 2.21. The van der Waals surface area contributed by atoms with E-state index in [2.05, 4.69) is 50.0 Å². The number of rotatable bonds is 4. The molecule has 5 unspecified atom stereocenters. The molecule has 5 atom stereocenters. The molecule has 3 heteroatoms. The second-order valence-electron chi connectivity index (χ2n) is 7.11. The highest BCUT2D eigenvalue weighted by atomic mass is 15.3. The van der Waals surface area contributed by atoms with Crippen molar-refractivity contribution in [3.8, 4) is 0 Å². The summed E-state index contributed by atoms with van der Waals surface area (Å²) in [5.74, 6) is 1.70. The van der Waals surface area contributed by atoms with Gasteiger partial charge in [0, 0.05) is 31.2 Å². The first-order valence-corrected chi connectivity index (χ1v) is 8.16. The second-order valence-corrected chi connectivity index (χ2v) is 7.11. The fourth-order valence-corrected chi connectivity index (χ4v) is 4.18. The molecule has 0 aromatic rings. The average molecular weight is 267 g/mol. The van der Waals surface area contributed by atoms with Crippen LogP contribution in [0.3, 0.4) is 0 Å². The van der Waals surface area contributed by atoms with Crippen LogP contribution in [0.2, 0.25) is 0 Å². The van der Waals surface area contributed by atoms with Gasteiger partial charge in [-0.05, 0) is 51.7 Å². The van der Waals surface area contributed by atoms with E-state index in [1.54, 1.807) is 0 Å². The molecule has 1 aliphatic heterocycles. The van der Waals surface area contributed by atoms with Crippen LogP contribution in [0.25, 0.3) is 0 Å². The molecule has 0 amide bonds. The zero-order valence-corrected chi connectivity index (χ0v) is 13.5. The summed E-state index contributed by atoms with van der Waals surface area (Å²) >= 11 is 0. The maximum atomic E-state index is 3.74. The average Bonchev–Trinajstić information content (AvgIpc) is 2.74. The Hall–Kier alpha value is -0.120.